The van der Waals surface area contributed by atoms with Crippen LogP contribution in [-0.2, 0) is 66.7 Å². The first kappa shape index (κ1) is 82.4. The van der Waals surface area contributed by atoms with Crippen LogP contribution in [-0.4, -0.2) is 174 Å². The number of carboxylic acids is 1. The van der Waals surface area contributed by atoms with Crippen molar-refractivity contribution >= 4 is 130 Å². The molecular weight excluding hydrogens is 1440 g/mol. The average Bonchev–Trinajstić information content (AvgIpc) is 1.65. The maximum Gasteiger partial charge on any atom is 0.430 e. The second-order valence-electron chi connectivity index (χ2n) is 27.8. The number of benzene rings is 4. The first-order valence-corrected chi connectivity index (χ1v) is 34.6. The molecule has 4 aliphatic rings. The predicted octanol–water partition coefficient (Wildman–Crippen LogP) is 13.2. The summed E-state index contributed by atoms with van der Waals surface area (Å²) in [5.41, 5.74) is 8.10. The topological polar surface area (TPSA) is 311 Å². The van der Waals surface area contributed by atoms with E-state index in [1.165, 1.54) is 5.01 Å². The van der Waals surface area contributed by atoms with E-state index in [0.717, 1.165) is 54.5 Å². The van der Waals surface area contributed by atoms with Crippen molar-refractivity contribution in [1.29, 1.82) is 0 Å². The van der Waals surface area contributed by atoms with Gasteiger partial charge < -0.3 is 53.6 Å². The van der Waals surface area contributed by atoms with Crippen molar-refractivity contribution in [1.82, 2.24) is 31.1 Å². The van der Waals surface area contributed by atoms with Crippen molar-refractivity contribution in [3.8, 4) is 22.3 Å². The predicted molar refractivity (Wildman–Crippen MR) is 377 cm³/mol. The van der Waals surface area contributed by atoms with E-state index in [0.29, 0.717) is 19.3 Å². The van der Waals surface area contributed by atoms with E-state index < -0.39 is 140 Å². The van der Waals surface area contributed by atoms with Gasteiger partial charge in [0.25, 0.3) is 5.91 Å². The van der Waals surface area contributed by atoms with Crippen LogP contribution in [0.4, 0.5) is 19.2 Å². The largest absolute Gasteiger partial charge is 0.480 e. The first-order chi connectivity index (χ1) is 46.9. The highest BCUT2D eigenvalue weighted by Gasteiger charge is 2.45. The molecule has 0 aromatic heterocycles. The highest BCUT2D eigenvalue weighted by Crippen LogP contribution is 2.46. The highest BCUT2D eigenvalue weighted by atomic mass is 35.6. The van der Waals surface area contributed by atoms with E-state index in [9.17, 15) is 53.1 Å². The number of ether oxygens (including phenoxy) is 8. The Bertz CT molecular complexity index is 3540. The van der Waals surface area contributed by atoms with Gasteiger partial charge in [0.1, 0.15) is 67.0 Å². The summed E-state index contributed by atoms with van der Waals surface area (Å²) in [6, 6.07) is 26.8. The number of carbonyl (C=O) groups excluding carboxylic acids is 9. The number of rotatable bonds is 16. The van der Waals surface area contributed by atoms with Crippen molar-refractivity contribution in [3.05, 3.63) is 119 Å². The fourth-order valence-corrected chi connectivity index (χ4v) is 11.3. The summed E-state index contributed by atoms with van der Waals surface area (Å²) in [5.74, 6) is -5.26. The zero-order chi connectivity index (χ0) is 75.2. The molecular formula is C70H86Cl6N6O19. The van der Waals surface area contributed by atoms with Gasteiger partial charge in [-0.05, 0) is 153 Å². The molecule has 2 fully saturated rings. The van der Waals surface area contributed by atoms with Gasteiger partial charge in [-0.15, -0.1) is 0 Å². The van der Waals surface area contributed by atoms with Crippen LogP contribution >= 0.6 is 69.6 Å². The second-order valence-corrected chi connectivity index (χ2v) is 32.8. The van der Waals surface area contributed by atoms with Crippen molar-refractivity contribution in [3.63, 3.8) is 0 Å². The van der Waals surface area contributed by atoms with E-state index >= 15 is 0 Å². The van der Waals surface area contributed by atoms with E-state index in [-0.39, 0.29) is 44.6 Å². The number of fused-ring (bicyclic) bond motifs is 6. The number of hydrogen-bond donors (Lipinski definition) is 4. The third-order valence-electron chi connectivity index (χ3n) is 14.8. The molecule has 4 N–H and O–H groups in total. The normalized spacial score (nSPS) is 16.6. The lowest BCUT2D eigenvalue weighted by Crippen LogP contribution is -2.61. The monoisotopic (exact) mass is 1520 g/mol. The molecule has 4 aromatic carbocycles. The molecule has 31 heteroatoms. The SMILES string of the molecule is CC(C)(C)OC(=O)C[C@H](NC(=O)OCC1c2ccccc2-c2ccccc21)C(=O)N1CCC[C@@H](C(=O)OCC(Cl)(Cl)Cl)N1.CC(C)(C)OC(=O)C[C@H](NC(=O)OCC1c2ccccc2-c2ccccc21)C(=O)O.CC(C)(C)OC(=O)N1CCC[C@@H](C(=O)OCC(Cl)(Cl)Cl)N1C(=O)OC(C)(C)C. The van der Waals surface area contributed by atoms with Crippen molar-refractivity contribution in [2.75, 3.05) is 39.5 Å². The van der Waals surface area contributed by atoms with E-state index in [2.05, 4.69) is 16.1 Å². The van der Waals surface area contributed by atoms with Gasteiger partial charge in [0.2, 0.25) is 7.59 Å². The molecule has 4 aromatic rings. The second kappa shape index (κ2) is 35.1. The lowest BCUT2D eigenvalue weighted by molar-refractivity contribution is -0.161. The number of halogens is 6. The number of amides is 5. The van der Waals surface area contributed by atoms with Gasteiger partial charge in [-0.25, -0.2) is 39.2 Å². The Morgan fingerprint density at radius 1 is 0.485 bits per heavy atom. The minimum Gasteiger partial charge on any atom is -0.480 e. The Balaban J connectivity index is 0.000000246. The summed E-state index contributed by atoms with van der Waals surface area (Å²) < 4.78 is 38.7. The van der Waals surface area contributed by atoms with Gasteiger partial charge in [-0.1, -0.05) is 167 Å². The van der Waals surface area contributed by atoms with Gasteiger partial charge in [-0.2, -0.15) is 5.01 Å². The quantitative estimate of drug-likeness (QED) is 0.0460. The Kier molecular flexibility index (Phi) is 28.7. The minimum atomic E-state index is -1.80. The fourth-order valence-electron chi connectivity index (χ4n) is 10.9. The van der Waals surface area contributed by atoms with E-state index in [1.807, 2.05) is 97.1 Å². The Morgan fingerprint density at radius 3 is 1.25 bits per heavy atom. The molecule has 0 radical (unpaired) electrons. The van der Waals surface area contributed by atoms with Crippen molar-refractivity contribution < 1.29 is 90.9 Å². The third-order valence-corrected chi connectivity index (χ3v) is 15.5. The summed E-state index contributed by atoms with van der Waals surface area (Å²) in [4.78, 5) is 125. The van der Waals surface area contributed by atoms with E-state index in [1.54, 1.807) is 83.1 Å². The maximum atomic E-state index is 13.6. The molecule has 101 heavy (non-hydrogen) atoms. The average molecular weight is 1530 g/mol. The standard InChI is InChI=1S/C30H34Cl3N3O7.C23H25NO6.C17H27Cl3N2O6/c1-29(2,3)43-25(37)15-24(26(38)36-14-8-13-23(35-36)27(39)42-17-30(31,32)33)34-28(40)41-16-22-20-11-6-4-9-18(20)19-10-5-7-12-21(19)22;1-23(2,3)30-20(25)12-19(21(26)27)24-22(28)29-13-18-16-10-6-4-8-14(16)15-9-5-7-11-17(15)18;1-15(2,3)27-13(24)21-9-7-8-11(12(23)26-10-17(18,19)20)22(21)14(25)28-16(4,5)6/h4-7,9-12,22-24,35H,8,13-17H2,1-3H3,(H,34,40);4-11,18-19H,12-13H2,1-3H3,(H,24,28)(H,26,27);11H,7-10H2,1-6H3/t23-,24-;19-;11-/m000/s1. The summed E-state index contributed by atoms with van der Waals surface area (Å²) >= 11 is 33.9. The fraction of sp³-hybridized carbons (Fsp3) is 0.514. The summed E-state index contributed by atoms with van der Waals surface area (Å²) in [5, 5.41) is 17.2. The number of hydrogen-bond acceptors (Lipinski definition) is 19. The molecule has 25 nitrogen and oxygen atoms in total. The van der Waals surface area contributed by atoms with Gasteiger partial charge in [0.15, 0.2) is 6.04 Å². The number of esters is 4. The summed E-state index contributed by atoms with van der Waals surface area (Å²) in [6.45, 7) is 19.7. The number of nitrogens with zero attached hydrogens (tertiary/aromatic N) is 3. The van der Waals surface area contributed by atoms with Crippen molar-refractivity contribution in [2.24, 2.45) is 0 Å². The highest BCUT2D eigenvalue weighted by molar-refractivity contribution is 6.68. The molecule has 0 saturated carbocycles. The van der Waals surface area contributed by atoms with Crippen molar-refractivity contribution in [2.45, 2.75) is 188 Å². The Labute approximate surface area is 616 Å². The molecule has 5 amide bonds. The lowest BCUT2D eigenvalue weighted by atomic mass is 9.98. The number of nitrogens with one attached hydrogen (secondary N) is 3. The van der Waals surface area contributed by atoms with Crippen LogP contribution < -0.4 is 16.1 Å². The summed E-state index contributed by atoms with van der Waals surface area (Å²) in [6.07, 6.45) is -2.89. The number of hydrazine groups is 2. The molecule has 8 rings (SSSR count). The molecule has 0 bridgehead atoms. The minimum absolute atomic E-state index is 0.0201. The van der Waals surface area contributed by atoms with Crippen LogP contribution in [0.2, 0.25) is 0 Å². The smallest absolute Gasteiger partial charge is 0.430 e. The Morgan fingerprint density at radius 2 is 0.851 bits per heavy atom. The van der Waals surface area contributed by atoms with Gasteiger partial charge in [0.05, 0.1) is 12.8 Å². The van der Waals surface area contributed by atoms with Crippen LogP contribution in [0.5, 0.6) is 0 Å². The first-order valence-electron chi connectivity index (χ1n) is 32.3. The van der Waals surface area contributed by atoms with Crippen LogP contribution in [0, 0.1) is 0 Å². The maximum absolute atomic E-state index is 13.6. The van der Waals surface area contributed by atoms with Crippen LogP contribution in [0.3, 0.4) is 0 Å². The Hall–Kier alpha value is -7.52. The molecule has 2 heterocycles. The lowest BCUT2D eigenvalue weighted by Gasteiger charge is -2.42. The van der Waals surface area contributed by atoms with Gasteiger partial charge in [0, 0.05) is 24.9 Å². The molecule has 552 valence electrons. The molecule has 2 aliphatic carbocycles. The van der Waals surface area contributed by atoms with Crippen LogP contribution in [0.1, 0.15) is 156 Å². The number of alkyl halides is 6. The molecule has 0 unspecified atom stereocenters. The van der Waals surface area contributed by atoms with Crippen LogP contribution in [0.15, 0.2) is 97.1 Å². The third kappa shape index (κ3) is 26.0. The number of carbonyl (C=O) groups is 10. The molecule has 0 spiro atoms. The summed E-state index contributed by atoms with van der Waals surface area (Å²) in [7, 11) is 0. The van der Waals surface area contributed by atoms with Gasteiger partial charge in [-0.3, -0.25) is 24.2 Å². The zero-order valence-electron chi connectivity index (χ0n) is 58.1. The molecule has 2 aliphatic heterocycles. The molecule has 4 atom stereocenters. The van der Waals surface area contributed by atoms with Crippen LogP contribution in [0.25, 0.3) is 22.3 Å². The number of alkyl carbamates (subject to hydrolysis) is 2. The number of aliphatic carboxylic acids is 1. The zero-order valence-corrected chi connectivity index (χ0v) is 62.6. The van der Waals surface area contributed by atoms with E-state index in [4.69, 9.17) is 108 Å². The molecule has 2 saturated heterocycles. The van der Waals surface area contributed by atoms with Gasteiger partial charge >= 0.3 is 54.2 Å². The number of carboxylic acid groups (broad SMARTS) is 1.